The van der Waals surface area contributed by atoms with Gasteiger partial charge < -0.3 is 10.2 Å². The van der Waals surface area contributed by atoms with Gasteiger partial charge in [0.25, 0.3) is 0 Å². The predicted molar refractivity (Wildman–Crippen MR) is 71.8 cm³/mol. The highest BCUT2D eigenvalue weighted by Crippen LogP contribution is 2.27. The van der Waals surface area contributed by atoms with E-state index in [9.17, 15) is 0 Å². The van der Waals surface area contributed by atoms with Gasteiger partial charge in [0.15, 0.2) is 0 Å². The zero-order valence-corrected chi connectivity index (χ0v) is 11.4. The van der Waals surface area contributed by atoms with Gasteiger partial charge in [-0.25, -0.2) is 0 Å². The molecule has 3 nitrogen and oxygen atoms in total. The van der Waals surface area contributed by atoms with Crippen molar-refractivity contribution in [2.24, 2.45) is 5.92 Å². The van der Waals surface area contributed by atoms with Crippen molar-refractivity contribution in [3.05, 3.63) is 0 Å². The number of nitrogens with zero attached hydrogens (tertiary/aromatic N) is 2. The first-order valence-corrected chi connectivity index (χ1v) is 7.15. The van der Waals surface area contributed by atoms with Crippen LogP contribution in [0.4, 0.5) is 0 Å². The second kappa shape index (κ2) is 8.49. The average Bonchev–Trinajstić information content (AvgIpc) is 2.30. The second-order valence-corrected chi connectivity index (χ2v) is 5.11. The van der Waals surface area contributed by atoms with Crippen molar-refractivity contribution in [2.75, 3.05) is 26.2 Å². The predicted octanol–water partition coefficient (Wildman–Crippen LogP) is 2.39. The third-order valence-corrected chi connectivity index (χ3v) is 3.72. The van der Waals surface area contributed by atoms with Crippen molar-refractivity contribution in [1.29, 1.82) is 5.26 Å². The molecule has 0 bridgehead atoms. The zero-order valence-electron chi connectivity index (χ0n) is 11.4. The van der Waals surface area contributed by atoms with E-state index in [0.717, 1.165) is 38.4 Å². The lowest BCUT2D eigenvalue weighted by Crippen LogP contribution is -2.37. The van der Waals surface area contributed by atoms with Crippen LogP contribution >= 0.6 is 0 Å². The van der Waals surface area contributed by atoms with Gasteiger partial charge in [-0.15, -0.1) is 0 Å². The number of hydrogen-bond acceptors (Lipinski definition) is 3. The Labute approximate surface area is 106 Å². The first-order chi connectivity index (χ1) is 8.30. The standard InChI is InChI=1S/C14H27N3/c1-3-9-16-14(11-15)8-10-17(4-2)12-13-6-5-7-13/h13-14,16H,3-10,12H2,1-2H3. The highest BCUT2D eigenvalue weighted by molar-refractivity contribution is 4.90. The van der Waals surface area contributed by atoms with Crippen LogP contribution in [0.5, 0.6) is 0 Å². The van der Waals surface area contributed by atoms with Gasteiger partial charge in [-0.3, -0.25) is 0 Å². The number of nitrogens with one attached hydrogen (secondary N) is 1. The van der Waals surface area contributed by atoms with Gasteiger partial charge in [-0.2, -0.15) is 5.26 Å². The molecule has 1 aliphatic carbocycles. The van der Waals surface area contributed by atoms with Gasteiger partial charge in [0.2, 0.25) is 0 Å². The van der Waals surface area contributed by atoms with Crippen LogP contribution in [-0.4, -0.2) is 37.1 Å². The maximum Gasteiger partial charge on any atom is 0.0965 e. The molecule has 1 atom stereocenters. The maximum atomic E-state index is 9.05. The third-order valence-electron chi connectivity index (χ3n) is 3.72. The second-order valence-electron chi connectivity index (χ2n) is 5.11. The van der Waals surface area contributed by atoms with E-state index in [1.807, 2.05) is 0 Å². The van der Waals surface area contributed by atoms with E-state index < -0.39 is 0 Å². The van der Waals surface area contributed by atoms with Crippen LogP contribution in [0.15, 0.2) is 0 Å². The van der Waals surface area contributed by atoms with Gasteiger partial charge in [-0.05, 0) is 44.7 Å². The zero-order chi connectivity index (χ0) is 12.5. The first-order valence-electron chi connectivity index (χ1n) is 7.15. The Morgan fingerprint density at radius 3 is 2.65 bits per heavy atom. The normalized spacial score (nSPS) is 17.8. The van der Waals surface area contributed by atoms with E-state index in [-0.39, 0.29) is 6.04 Å². The number of hydrogen-bond donors (Lipinski definition) is 1. The molecule has 98 valence electrons. The molecule has 3 heteroatoms. The van der Waals surface area contributed by atoms with Crippen LogP contribution in [0.3, 0.4) is 0 Å². The van der Waals surface area contributed by atoms with Crippen molar-refractivity contribution < 1.29 is 0 Å². The van der Waals surface area contributed by atoms with Gasteiger partial charge >= 0.3 is 0 Å². The van der Waals surface area contributed by atoms with Crippen molar-refractivity contribution >= 4 is 0 Å². The molecular weight excluding hydrogens is 210 g/mol. The van der Waals surface area contributed by atoms with E-state index >= 15 is 0 Å². The lowest BCUT2D eigenvalue weighted by Gasteiger charge is -2.32. The Morgan fingerprint density at radius 1 is 1.41 bits per heavy atom. The van der Waals surface area contributed by atoms with E-state index in [2.05, 4.69) is 30.1 Å². The van der Waals surface area contributed by atoms with Crippen molar-refractivity contribution in [3.63, 3.8) is 0 Å². The highest BCUT2D eigenvalue weighted by Gasteiger charge is 2.20. The molecule has 1 saturated carbocycles. The van der Waals surface area contributed by atoms with E-state index in [1.165, 1.54) is 25.8 Å². The smallest absolute Gasteiger partial charge is 0.0965 e. The molecule has 0 heterocycles. The SMILES string of the molecule is CCCNC(C#N)CCN(CC)CC1CCC1. The quantitative estimate of drug-likeness (QED) is 0.669. The van der Waals surface area contributed by atoms with E-state index in [1.54, 1.807) is 0 Å². The molecule has 17 heavy (non-hydrogen) atoms. The Balaban J connectivity index is 2.17. The topological polar surface area (TPSA) is 39.1 Å². The molecule has 1 N–H and O–H groups in total. The molecule has 1 unspecified atom stereocenters. The number of rotatable bonds is 9. The van der Waals surface area contributed by atoms with Gasteiger partial charge in [0, 0.05) is 13.1 Å². The van der Waals surface area contributed by atoms with Crippen LogP contribution < -0.4 is 5.32 Å². The van der Waals surface area contributed by atoms with Crippen LogP contribution in [0.1, 0.15) is 46.0 Å². The Kier molecular flexibility index (Phi) is 7.23. The molecule has 0 saturated heterocycles. The summed E-state index contributed by atoms with van der Waals surface area (Å²) in [5, 5.41) is 12.3. The number of nitriles is 1. The third kappa shape index (κ3) is 5.52. The van der Waals surface area contributed by atoms with Crippen LogP contribution in [0, 0.1) is 17.2 Å². The Hall–Kier alpha value is -0.590. The summed E-state index contributed by atoms with van der Waals surface area (Å²) >= 11 is 0. The minimum atomic E-state index is 0.0328. The fraction of sp³-hybridized carbons (Fsp3) is 0.929. The lowest BCUT2D eigenvalue weighted by molar-refractivity contribution is 0.180. The van der Waals surface area contributed by atoms with E-state index in [0.29, 0.717) is 0 Å². The molecule has 0 aromatic carbocycles. The summed E-state index contributed by atoms with van der Waals surface area (Å²) in [5.74, 6) is 0.930. The molecule has 1 aliphatic rings. The molecule has 0 radical (unpaired) electrons. The fourth-order valence-electron chi connectivity index (χ4n) is 2.26. The molecule has 0 spiro atoms. The van der Waals surface area contributed by atoms with Gasteiger partial charge in [0.05, 0.1) is 12.1 Å². The van der Waals surface area contributed by atoms with Crippen LogP contribution in [0.2, 0.25) is 0 Å². The molecule has 0 aromatic rings. The highest BCUT2D eigenvalue weighted by atomic mass is 15.1. The summed E-state index contributed by atoms with van der Waals surface area (Å²) in [6.45, 7) is 8.72. The van der Waals surface area contributed by atoms with E-state index in [4.69, 9.17) is 5.26 Å². The molecule has 1 fully saturated rings. The fourth-order valence-corrected chi connectivity index (χ4v) is 2.26. The van der Waals surface area contributed by atoms with Crippen molar-refractivity contribution in [1.82, 2.24) is 10.2 Å². The van der Waals surface area contributed by atoms with Gasteiger partial charge in [0.1, 0.15) is 0 Å². The minimum absolute atomic E-state index is 0.0328. The average molecular weight is 237 g/mol. The summed E-state index contributed by atoms with van der Waals surface area (Å²) in [5.41, 5.74) is 0. The monoisotopic (exact) mass is 237 g/mol. The van der Waals surface area contributed by atoms with Gasteiger partial charge in [-0.1, -0.05) is 20.3 Å². The molecule has 1 rings (SSSR count). The summed E-state index contributed by atoms with van der Waals surface area (Å²) in [4.78, 5) is 2.50. The molecule has 0 aromatic heterocycles. The van der Waals surface area contributed by atoms with Crippen LogP contribution in [-0.2, 0) is 0 Å². The largest absolute Gasteiger partial charge is 0.303 e. The Bertz CT molecular complexity index is 230. The first kappa shape index (κ1) is 14.5. The minimum Gasteiger partial charge on any atom is -0.303 e. The maximum absolute atomic E-state index is 9.05. The molecular formula is C14H27N3. The molecule has 0 amide bonds. The Morgan fingerprint density at radius 2 is 2.18 bits per heavy atom. The summed E-state index contributed by atoms with van der Waals surface area (Å²) < 4.78 is 0. The molecule has 0 aliphatic heterocycles. The van der Waals surface area contributed by atoms with Crippen molar-refractivity contribution in [2.45, 2.75) is 52.0 Å². The van der Waals surface area contributed by atoms with Crippen LogP contribution in [0.25, 0.3) is 0 Å². The lowest BCUT2D eigenvalue weighted by atomic mass is 9.85. The van der Waals surface area contributed by atoms with Crippen molar-refractivity contribution in [3.8, 4) is 6.07 Å². The summed E-state index contributed by atoms with van der Waals surface area (Å²) in [7, 11) is 0. The summed E-state index contributed by atoms with van der Waals surface area (Å²) in [6, 6.07) is 2.39. The summed E-state index contributed by atoms with van der Waals surface area (Å²) in [6.07, 6.45) is 6.29.